The molecule has 2 aliphatic rings. The number of allylic oxidation sites excluding steroid dienone is 2. The number of thioether (sulfide) groups is 2. The van der Waals surface area contributed by atoms with Crippen LogP contribution in [0, 0.1) is 0 Å². The Morgan fingerprint density at radius 2 is 1.03 bits per heavy atom. The number of para-hydroxylation sites is 4. The third-order valence-corrected chi connectivity index (χ3v) is 14.7. The number of aryl methyl sites for hydroxylation is 1. The molecule has 60 heavy (non-hydrogen) atoms. The van der Waals surface area contributed by atoms with E-state index in [4.69, 9.17) is 0 Å². The van der Waals surface area contributed by atoms with Crippen molar-refractivity contribution in [3.8, 4) is 0 Å². The molecule has 4 aromatic carbocycles. The zero-order chi connectivity index (χ0) is 41.7. The number of unbranched alkanes of at least 4 members (excludes halogenated alkanes) is 2. The highest BCUT2D eigenvalue weighted by atomic mass is 32.2. The molecule has 6 nitrogen and oxygen atoms in total. The second-order valence-electron chi connectivity index (χ2n) is 17.7. The molecular weight excluding hydrogens is 773 g/mol. The van der Waals surface area contributed by atoms with Crippen molar-refractivity contribution in [2.45, 2.75) is 48.6 Å². The van der Waals surface area contributed by atoms with Gasteiger partial charge in [-0.25, -0.2) is 0 Å². The third-order valence-electron chi connectivity index (χ3n) is 12.4. The van der Waals surface area contributed by atoms with Crippen molar-refractivity contribution in [1.29, 1.82) is 0 Å². The summed E-state index contributed by atoms with van der Waals surface area (Å²) >= 11 is 3.69. The minimum Gasteiger partial charge on any atom is -0.338 e. The first kappa shape index (κ1) is 41.9. The molecule has 0 saturated heterocycles. The summed E-state index contributed by atoms with van der Waals surface area (Å²) in [4.78, 5) is 7.23. The maximum atomic E-state index is 2.46. The number of hydrogen-bond acceptors (Lipinski definition) is 4. The number of hydrogen-bond donors (Lipinski definition) is 0. The number of aromatic nitrogens is 2. The van der Waals surface area contributed by atoms with Gasteiger partial charge < -0.3 is 18.8 Å². The van der Waals surface area contributed by atoms with Gasteiger partial charge in [-0.3, -0.25) is 0 Å². The highest BCUT2D eigenvalue weighted by Crippen LogP contribution is 2.46. The summed E-state index contributed by atoms with van der Waals surface area (Å²) in [5, 5.41) is 5.13. The maximum absolute atomic E-state index is 2.46. The predicted molar refractivity (Wildman–Crippen MR) is 257 cm³/mol. The van der Waals surface area contributed by atoms with Crippen molar-refractivity contribution >= 4 is 68.9 Å². The Morgan fingerprint density at radius 1 is 0.517 bits per heavy atom. The fourth-order valence-electron chi connectivity index (χ4n) is 8.69. The van der Waals surface area contributed by atoms with Crippen LogP contribution in [0.4, 0.5) is 11.4 Å². The van der Waals surface area contributed by atoms with E-state index in [2.05, 4.69) is 207 Å². The quantitative estimate of drug-likeness (QED) is 0.0548. The number of fused-ring (bicyclic) bond motifs is 4. The fraction of sp³-hybridized carbons (Fsp3) is 0.308. The molecule has 0 N–H and O–H groups in total. The molecular formula is C52H62N6S2+4. The lowest BCUT2D eigenvalue weighted by molar-refractivity contribution is -0.919. The van der Waals surface area contributed by atoms with E-state index in [-0.39, 0.29) is 0 Å². The summed E-state index contributed by atoms with van der Waals surface area (Å²) in [6, 6.07) is 39.6. The molecule has 0 unspecified atom stereocenters. The first-order valence-electron chi connectivity index (χ1n) is 21.6. The highest BCUT2D eigenvalue weighted by molar-refractivity contribution is 8.04. The molecule has 0 fully saturated rings. The minimum absolute atomic E-state index is 1.00. The van der Waals surface area contributed by atoms with E-state index < -0.39 is 0 Å². The number of pyridine rings is 2. The molecule has 0 aliphatic carbocycles. The summed E-state index contributed by atoms with van der Waals surface area (Å²) in [6.45, 7) is 6.77. The van der Waals surface area contributed by atoms with Gasteiger partial charge >= 0.3 is 0 Å². The molecule has 0 spiro atoms. The Labute approximate surface area is 366 Å². The minimum atomic E-state index is 1.00. The maximum Gasteiger partial charge on any atom is 0.213 e. The van der Waals surface area contributed by atoms with Gasteiger partial charge in [0.25, 0.3) is 0 Å². The van der Waals surface area contributed by atoms with Gasteiger partial charge in [-0.1, -0.05) is 84.2 Å². The Hall–Kier alpha value is -4.86. The highest BCUT2D eigenvalue weighted by Gasteiger charge is 2.25. The first-order valence-corrected chi connectivity index (χ1v) is 23.3. The van der Waals surface area contributed by atoms with Gasteiger partial charge in [0.15, 0.2) is 18.9 Å². The van der Waals surface area contributed by atoms with Gasteiger partial charge in [-0.15, -0.1) is 0 Å². The predicted octanol–water partition coefficient (Wildman–Crippen LogP) is 10.6. The monoisotopic (exact) mass is 834 g/mol. The van der Waals surface area contributed by atoms with Crippen molar-refractivity contribution in [1.82, 2.24) is 0 Å². The van der Waals surface area contributed by atoms with Crippen LogP contribution in [0.2, 0.25) is 0 Å². The smallest absolute Gasteiger partial charge is 0.213 e. The molecule has 0 atom stereocenters. The number of benzene rings is 4. The van der Waals surface area contributed by atoms with Gasteiger partial charge in [0.05, 0.1) is 80.0 Å². The van der Waals surface area contributed by atoms with E-state index in [1.807, 2.05) is 23.5 Å². The zero-order valence-electron chi connectivity index (χ0n) is 36.4. The van der Waals surface area contributed by atoms with Gasteiger partial charge in [0.2, 0.25) is 11.0 Å². The van der Waals surface area contributed by atoms with Gasteiger partial charge in [-0.2, -0.15) is 9.13 Å². The Morgan fingerprint density at radius 3 is 1.70 bits per heavy atom. The normalized spacial score (nSPS) is 15.6. The number of rotatable bonds is 16. The number of quaternary nitrogens is 2. The van der Waals surface area contributed by atoms with Crippen LogP contribution in [0.25, 0.3) is 34.0 Å². The Kier molecular flexibility index (Phi) is 12.8. The molecule has 0 bridgehead atoms. The van der Waals surface area contributed by atoms with E-state index in [9.17, 15) is 0 Å². The van der Waals surface area contributed by atoms with Crippen molar-refractivity contribution in [3.05, 3.63) is 155 Å². The van der Waals surface area contributed by atoms with Crippen LogP contribution in [-0.2, 0) is 13.1 Å². The van der Waals surface area contributed by atoms with Crippen LogP contribution in [0.3, 0.4) is 0 Å². The largest absolute Gasteiger partial charge is 0.338 e. The summed E-state index contributed by atoms with van der Waals surface area (Å²) in [5.41, 5.74) is 7.70. The topological polar surface area (TPSA) is 14.2 Å². The van der Waals surface area contributed by atoms with E-state index in [1.165, 1.54) is 109 Å². The summed E-state index contributed by atoms with van der Waals surface area (Å²) < 4.78 is 7.01. The molecule has 0 amide bonds. The van der Waals surface area contributed by atoms with Crippen molar-refractivity contribution in [2.24, 2.45) is 0 Å². The zero-order valence-corrected chi connectivity index (χ0v) is 38.1. The lowest BCUT2D eigenvalue weighted by Gasteiger charge is -2.33. The molecule has 2 aliphatic heterocycles. The van der Waals surface area contributed by atoms with Crippen LogP contribution in [0.15, 0.2) is 154 Å². The van der Waals surface area contributed by atoms with E-state index in [1.54, 1.807) is 0 Å². The molecule has 0 saturated carbocycles. The standard InChI is InChI=1S/C52H62N6S2/c1-53-47-25-12-14-27-49(47)59-51(53)29-18-20-41-30-33-55(45-23-10-8-21-43(41)45)32-16-7-17-36-57(3,4)37-19-38-58(5,6)39-35-56-34-31-42(44-22-9-11-24-46(44)56)40-52-54(2)48-26-13-15-28-50(48)60-52/h8-15,18,20-31,33-34,40H,7,16-17,19,32,35-39H2,1-6H3/q+4. The van der Waals surface area contributed by atoms with Crippen LogP contribution < -0.4 is 18.9 Å². The van der Waals surface area contributed by atoms with Crippen LogP contribution in [-0.4, -0.2) is 77.4 Å². The molecule has 8 heteroatoms. The second-order valence-corrected chi connectivity index (χ2v) is 19.9. The third kappa shape index (κ3) is 9.68. The average molecular weight is 835 g/mol. The lowest BCUT2D eigenvalue weighted by atomic mass is 10.1. The fourth-order valence-corrected chi connectivity index (χ4v) is 10.9. The summed E-state index contributed by atoms with van der Waals surface area (Å²) in [6.07, 6.45) is 18.5. The summed E-state index contributed by atoms with van der Waals surface area (Å²) in [5.74, 6) is 0. The van der Waals surface area contributed by atoms with Gasteiger partial charge in [-0.05, 0) is 72.5 Å². The SMILES string of the molecule is CN1/C(=C/C=C/c2cc[n+](CCCCC[N+](C)(C)CCC[N+](C)(C)CC[n+]3ccc(/C=C4\Sc5ccccc5N4C)c4ccccc43)c3ccccc23)Sc2ccccc21. The molecule has 2 aromatic heterocycles. The second kappa shape index (κ2) is 18.4. The van der Waals surface area contributed by atoms with Crippen LogP contribution in [0.5, 0.6) is 0 Å². The van der Waals surface area contributed by atoms with Crippen molar-refractivity contribution < 1.29 is 18.1 Å². The number of anilines is 2. The average Bonchev–Trinajstić information content (AvgIpc) is 3.75. The van der Waals surface area contributed by atoms with E-state index in [0.29, 0.717) is 0 Å². The number of likely N-dealkylation sites (N-methyl/N-ethyl adjacent to an activating group) is 1. The van der Waals surface area contributed by atoms with E-state index >= 15 is 0 Å². The van der Waals surface area contributed by atoms with Crippen LogP contribution >= 0.6 is 23.5 Å². The van der Waals surface area contributed by atoms with E-state index in [0.717, 1.165) is 28.6 Å². The molecule has 0 radical (unpaired) electrons. The van der Waals surface area contributed by atoms with Crippen molar-refractivity contribution in [2.75, 3.05) is 78.3 Å². The van der Waals surface area contributed by atoms with Gasteiger partial charge in [0.1, 0.15) is 13.1 Å². The molecule has 6 aromatic rings. The molecule has 308 valence electrons. The van der Waals surface area contributed by atoms with Gasteiger partial charge in [0, 0.05) is 61.0 Å². The Balaban J connectivity index is 0.788. The lowest BCUT2D eigenvalue weighted by Crippen LogP contribution is -2.50. The molecule has 8 rings (SSSR count). The molecule has 4 heterocycles. The van der Waals surface area contributed by atoms with Crippen LogP contribution in [0.1, 0.15) is 36.8 Å². The Bertz CT molecular complexity index is 2570. The summed E-state index contributed by atoms with van der Waals surface area (Å²) in [7, 11) is 14.0. The van der Waals surface area contributed by atoms with Crippen molar-refractivity contribution in [3.63, 3.8) is 0 Å². The first-order chi connectivity index (χ1) is 29.1. The number of nitrogens with zero attached hydrogens (tertiary/aromatic N) is 6.